The number of halogens is 3. The molecule has 11 heteroatoms. The van der Waals surface area contributed by atoms with Crippen molar-refractivity contribution in [1.82, 2.24) is 25.4 Å². The Hall–Kier alpha value is -3.89. The van der Waals surface area contributed by atoms with Crippen LogP contribution < -0.4 is 10.6 Å². The van der Waals surface area contributed by atoms with Crippen molar-refractivity contribution in [1.29, 1.82) is 0 Å². The number of amides is 4. The minimum Gasteiger partial charge on any atom is -0.350 e. The van der Waals surface area contributed by atoms with Crippen LogP contribution >= 0.6 is 0 Å². The molecule has 4 rings (SSSR count). The van der Waals surface area contributed by atoms with Crippen molar-refractivity contribution in [3.63, 3.8) is 0 Å². The smallest absolute Gasteiger partial charge is 0.350 e. The number of nitrogens with zero attached hydrogens (tertiary/aromatic N) is 3. The number of rotatable bonds is 8. The predicted molar refractivity (Wildman–Crippen MR) is 133 cm³/mol. The van der Waals surface area contributed by atoms with E-state index in [-0.39, 0.29) is 42.6 Å². The normalized spacial score (nSPS) is 18.6. The lowest BCUT2D eigenvalue weighted by molar-refractivity contribution is -0.139. The highest BCUT2D eigenvalue weighted by Gasteiger charge is 2.48. The van der Waals surface area contributed by atoms with E-state index in [1.165, 1.54) is 28.0 Å². The molecule has 1 aromatic carbocycles. The first kappa shape index (κ1) is 27.2. The average molecular weight is 530 g/mol. The number of hydrogen-bond donors (Lipinski definition) is 2. The molecule has 2 aliphatic rings. The molecule has 38 heavy (non-hydrogen) atoms. The van der Waals surface area contributed by atoms with Crippen molar-refractivity contribution in [2.45, 2.75) is 52.0 Å². The summed E-state index contributed by atoms with van der Waals surface area (Å²) < 4.78 is 41.6. The Labute approximate surface area is 218 Å². The molecule has 0 aliphatic carbocycles. The summed E-state index contributed by atoms with van der Waals surface area (Å²) in [5.41, 5.74) is 0.0619. The van der Waals surface area contributed by atoms with Crippen LogP contribution in [0, 0.1) is 5.92 Å². The van der Waals surface area contributed by atoms with E-state index < -0.39 is 35.8 Å². The molecular formula is C27H30F3N5O3. The molecule has 2 N–H and O–H groups in total. The van der Waals surface area contributed by atoms with E-state index in [4.69, 9.17) is 0 Å². The third-order valence-corrected chi connectivity index (χ3v) is 6.73. The van der Waals surface area contributed by atoms with E-state index in [2.05, 4.69) is 15.6 Å². The van der Waals surface area contributed by atoms with Gasteiger partial charge in [0.1, 0.15) is 6.04 Å². The maximum Gasteiger partial charge on any atom is 0.416 e. The third-order valence-electron chi connectivity index (χ3n) is 6.73. The van der Waals surface area contributed by atoms with Gasteiger partial charge in [-0.3, -0.25) is 19.5 Å². The Kier molecular flexibility index (Phi) is 7.75. The zero-order valence-corrected chi connectivity index (χ0v) is 21.4. The molecule has 4 amide bonds. The summed E-state index contributed by atoms with van der Waals surface area (Å²) in [7, 11) is 0. The number of pyridine rings is 1. The number of likely N-dealkylation sites (N-methyl/N-ethyl adjacent to an activating group) is 1. The number of aromatic nitrogens is 1. The number of alkyl halides is 3. The molecule has 2 aliphatic heterocycles. The highest BCUT2D eigenvalue weighted by molar-refractivity contribution is 6.03. The fraction of sp³-hybridized carbons (Fsp3) is 0.407. The van der Waals surface area contributed by atoms with Gasteiger partial charge in [0.2, 0.25) is 5.91 Å². The Bertz CT molecular complexity index is 1250. The molecule has 2 aromatic rings. The van der Waals surface area contributed by atoms with Gasteiger partial charge in [0.05, 0.1) is 29.4 Å². The van der Waals surface area contributed by atoms with Gasteiger partial charge < -0.3 is 15.5 Å². The number of carbonyl (C=O) groups excluding carboxylic acids is 3. The quantitative estimate of drug-likeness (QED) is 0.540. The van der Waals surface area contributed by atoms with E-state index in [1.807, 2.05) is 13.8 Å². The molecule has 0 radical (unpaired) electrons. The SMILES string of the molecule is CCN1C(=O)N[C@@H](c2ccccc2C(F)(F)F)C2=C1CN([C@H](CC(C)C)C(=O)NCc1ccncc1)C2=O. The number of urea groups is 1. The highest BCUT2D eigenvalue weighted by Crippen LogP contribution is 2.42. The standard InChI is InChI=1S/C27H30F3N5O3/c1-4-34-21-15-35(20(13-16(2)3)24(36)32-14-17-9-11-31-12-10-17)25(37)22(21)23(33-26(34)38)18-7-5-6-8-19(18)27(28,29)30/h5-12,16,20,23H,4,13-15H2,1-3H3,(H,32,36)(H,33,38)/t20-,23+/m1/s1. The van der Waals surface area contributed by atoms with E-state index in [0.29, 0.717) is 12.1 Å². The second-order valence-electron chi connectivity index (χ2n) is 9.72. The molecule has 1 aromatic heterocycles. The van der Waals surface area contributed by atoms with Gasteiger partial charge in [-0.1, -0.05) is 32.0 Å². The van der Waals surface area contributed by atoms with Crippen LogP contribution in [0.2, 0.25) is 0 Å². The monoisotopic (exact) mass is 529 g/mol. The van der Waals surface area contributed by atoms with Crippen molar-refractivity contribution >= 4 is 17.8 Å². The fourth-order valence-corrected chi connectivity index (χ4v) is 4.97. The van der Waals surface area contributed by atoms with Crippen molar-refractivity contribution < 1.29 is 27.6 Å². The van der Waals surface area contributed by atoms with Gasteiger partial charge in [0.15, 0.2) is 0 Å². The van der Waals surface area contributed by atoms with Gasteiger partial charge >= 0.3 is 12.2 Å². The molecule has 0 spiro atoms. The lowest BCUT2D eigenvalue weighted by Gasteiger charge is -2.33. The fourth-order valence-electron chi connectivity index (χ4n) is 4.97. The zero-order valence-electron chi connectivity index (χ0n) is 21.4. The van der Waals surface area contributed by atoms with Crippen LogP contribution in [0.3, 0.4) is 0 Å². The van der Waals surface area contributed by atoms with Gasteiger partial charge in [0.25, 0.3) is 5.91 Å². The molecule has 202 valence electrons. The van der Waals surface area contributed by atoms with Gasteiger partial charge in [-0.05, 0) is 48.6 Å². The molecule has 0 fully saturated rings. The molecule has 2 atom stereocenters. The number of benzene rings is 1. The number of carbonyl (C=O) groups is 3. The van der Waals surface area contributed by atoms with Crippen LogP contribution in [0.15, 0.2) is 60.1 Å². The van der Waals surface area contributed by atoms with Crippen LogP contribution in [0.1, 0.15) is 49.9 Å². The van der Waals surface area contributed by atoms with E-state index in [9.17, 15) is 27.6 Å². The molecule has 0 bridgehead atoms. The second kappa shape index (κ2) is 10.8. The third kappa shape index (κ3) is 5.36. The molecular weight excluding hydrogens is 499 g/mol. The minimum absolute atomic E-state index is 0.0425. The van der Waals surface area contributed by atoms with Crippen molar-refractivity contribution in [2.75, 3.05) is 13.1 Å². The first-order chi connectivity index (χ1) is 18.0. The molecule has 3 heterocycles. The van der Waals surface area contributed by atoms with Crippen LogP contribution in [0.5, 0.6) is 0 Å². The van der Waals surface area contributed by atoms with Gasteiger partial charge in [-0.2, -0.15) is 13.2 Å². The van der Waals surface area contributed by atoms with Gasteiger partial charge in [-0.15, -0.1) is 0 Å². The van der Waals surface area contributed by atoms with Crippen molar-refractivity contribution in [3.8, 4) is 0 Å². The lowest BCUT2D eigenvalue weighted by atomic mass is 9.91. The Morgan fingerprint density at radius 1 is 1.16 bits per heavy atom. The van der Waals surface area contributed by atoms with Crippen molar-refractivity contribution in [3.05, 3.63) is 76.8 Å². The summed E-state index contributed by atoms with van der Waals surface area (Å²) in [6, 6.07) is 5.66. The maximum atomic E-state index is 13.9. The van der Waals surface area contributed by atoms with Crippen LogP contribution in [0.4, 0.5) is 18.0 Å². The van der Waals surface area contributed by atoms with Crippen LogP contribution in [-0.2, 0) is 22.3 Å². The maximum absolute atomic E-state index is 13.9. The first-order valence-electron chi connectivity index (χ1n) is 12.5. The largest absolute Gasteiger partial charge is 0.416 e. The first-order valence-corrected chi connectivity index (χ1v) is 12.5. The summed E-state index contributed by atoms with van der Waals surface area (Å²) in [4.78, 5) is 46.9. The molecule has 0 saturated heterocycles. The molecule has 0 unspecified atom stereocenters. The summed E-state index contributed by atoms with van der Waals surface area (Å²) >= 11 is 0. The Balaban J connectivity index is 1.69. The topological polar surface area (TPSA) is 94.6 Å². The second-order valence-corrected chi connectivity index (χ2v) is 9.72. The minimum atomic E-state index is -4.68. The van der Waals surface area contributed by atoms with Crippen LogP contribution in [-0.4, -0.2) is 51.8 Å². The Morgan fingerprint density at radius 3 is 2.47 bits per heavy atom. The van der Waals surface area contributed by atoms with E-state index >= 15 is 0 Å². The summed E-state index contributed by atoms with van der Waals surface area (Å²) in [6.45, 7) is 5.94. The van der Waals surface area contributed by atoms with Crippen molar-refractivity contribution in [2.24, 2.45) is 5.92 Å². The average Bonchev–Trinajstić information content (AvgIpc) is 3.22. The summed E-state index contributed by atoms with van der Waals surface area (Å²) in [5, 5.41) is 5.46. The van der Waals surface area contributed by atoms with E-state index in [0.717, 1.165) is 11.6 Å². The lowest BCUT2D eigenvalue weighted by Crippen LogP contribution is -2.49. The van der Waals surface area contributed by atoms with Gasteiger partial charge in [-0.25, -0.2) is 4.79 Å². The zero-order chi connectivity index (χ0) is 27.6. The molecule has 0 saturated carbocycles. The van der Waals surface area contributed by atoms with Gasteiger partial charge in [0, 0.05) is 25.5 Å². The molecule has 8 nitrogen and oxygen atoms in total. The van der Waals surface area contributed by atoms with Crippen LogP contribution in [0.25, 0.3) is 0 Å². The number of hydrogen-bond acceptors (Lipinski definition) is 4. The highest BCUT2D eigenvalue weighted by atomic mass is 19.4. The Morgan fingerprint density at radius 2 is 1.84 bits per heavy atom. The number of nitrogens with one attached hydrogen (secondary N) is 2. The predicted octanol–water partition coefficient (Wildman–Crippen LogP) is 4.01. The van der Waals surface area contributed by atoms with E-state index in [1.54, 1.807) is 31.5 Å². The summed E-state index contributed by atoms with van der Waals surface area (Å²) in [5.74, 6) is -0.899. The summed E-state index contributed by atoms with van der Waals surface area (Å²) in [6.07, 6.45) is -1.13.